The number of aldehydes is 1. The molecular weight excluding hydrogens is 275 g/mol. The maximum atomic E-state index is 12.3. The molecule has 0 fully saturated rings. The highest BCUT2D eigenvalue weighted by Gasteiger charge is 2.35. The molecule has 1 aromatic rings. The SMILES string of the molecule is O=CC=NN(C(=O)CO)c1csc(C(F)(F)F)n1. The molecule has 0 aliphatic carbocycles. The Morgan fingerprint density at radius 3 is 2.72 bits per heavy atom. The van der Waals surface area contributed by atoms with E-state index in [-0.39, 0.29) is 17.6 Å². The van der Waals surface area contributed by atoms with Crippen LogP contribution >= 0.6 is 11.3 Å². The number of thiazole rings is 1. The Hall–Kier alpha value is -1.81. The lowest BCUT2D eigenvalue weighted by Crippen LogP contribution is -2.28. The van der Waals surface area contributed by atoms with E-state index < -0.39 is 29.5 Å². The number of aliphatic hydroxyl groups is 1. The molecule has 1 rings (SSSR count). The van der Waals surface area contributed by atoms with Gasteiger partial charge in [0.25, 0.3) is 5.91 Å². The van der Waals surface area contributed by atoms with E-state index >= 15 is 0 Å². The Morgan fingerprint density at radius 1 is 1.61 bits per heavy atom. The van der Waals surface area contributed by atoms with Crippen LogP contribution in [0.4, 0.5) is 19.0 Å². The topological polar surface area (TPSA) is 82.9 Å². The number of aliphatic hydroxyl groups excluding tert-OH is 1. The quantitative estimate of drug-likeness (QED) is 0.499. The minimum atomic E-state index is -4.63. The zero-order valence-electron chi connectivity index (χ0n) is 8.59. The molecule has 0 bridgehead atoms. The zero-order chi connectivity index (χ0) is 13.8. The van der Waals surface area contributed by atoms with E-state index in [0.29, 0.717) is 11.2 Å². The summed E-state index contributed by atoms with van der Waals surface area (Å²) in [7, 11) is 0. The van der Waals surface area contributed by atoms with Gasteiger partial charge in [-0.25, -0.2) is 4.98 Å². The second-order valence-corrected chi connectivity index (χ2v) is 3.63. The summed E-state index contributed by atoms with van der Waals surface area (Å²) in [5, 5.41) is 12.1. The van der Waals surface area contributed by atoms with Crippen molar-refractivity contribution >= 4 is 35.6 Å². The first kappa shape index (κ1) is 14.3. The summed E-state index contributed by atoms with van der Waals surface area (Å²) in [5.41, 5.74) is 0. The van der Waals surface area contributed by atoms with Gasteiger partial charge in [-0.15, -0.1) is 11.3 Å². The highest BCUT2D eigenvalue weighted by Crippen LogP contribution is 2.33. The lowest BCUT2D eigenvalue weighted by molar-refractivity contribution is -0.137. The molecular formula is C8H6F3N3O3S. The first-order valence-corrected chi connectivity index (χ1v) is 5.22. The van der Waals surface area contributed by atoms with Gasteiger partial charge in [0.2, 0.25) is 0 Å². The number of carbonyl (C=O) groups excluding carboxylic acids is 2. The number of rotatable bonds is 4. The number of alkyl halides is 3. The van der Waals surface area contributed by atoms with Crippen molar-refractivity contribution < 1.29 is 27.9 Å². The first-order chi connectivity index (χ1) is 8.40. The van der Waals surface area contributed by atoms with Crippen LogP contribution in [0.15, 0.2) is 10.5 Å². The minimum absolute atomic E-state index is 0.231. The van der Waals surface area contributed by atoms with E-state index in [1.807, 2.05) is 0 Å². The van der Waals surface area contributed by atoms with Crippen LogP contribution in [0.2, 0.25) is 0 Å². The van der Waals surface area contributed by atoms with Crippen LogP contribution in [-0.2, 0) is 15.8 Å². The molecule has 1 aromatic heterocycles. The highest BCUT2D eigenvalue weighted by molar-refractivity contribution is 7.10. The number of amides is 1. The summed E-state index contributed by atoms with van der Waals surface area (Å²) >= 11 is 0.272. The number of carbonyl (C=O) groups is 2. The lowest BCUT2D eigenvalue weighted by Gasteiger charge is -2.11. The van der Waals surface area contributed by atoms with Crippen LogP contribution in [0.5, 0.6) is 0 Å². The van der Waals surface area contributed by atoms with Gasteiger partial charge in [-0.1, -0.05) is 0 Å². The molecule has 0 saturated carbocycles. The van der Waals surface area contributed by atoms with Crippen LogP contribution < -0.4 is 5.01 Å². The molecule has 0 saturated heterocycles. The predicted molar refractivity (Wildman–Crippen MR) is 56.2 cm³/mol. The minimum Gasteiger partial charge on any atom is -0.386 e. The van der Waals surface area contributed by atoms with Crippen molar-refractivity contribution in [2.45, 2.75) is 6.18 Å². The molecule has 0 aliphatic rings. The maximum Gasteiger partial charge on any atom is 0.443 e. The van der Waals surface area contributed by atoms with Crippen molar-refractivity contribution in [2.75, 3.05) is 11.6 Å². The van der Waals surface area contributed by atoms with Gasteiger partial charge in [-0.05, 0) is 0 Å². The van der Waals surface area contributed by atoms with Crippen LogP contribution in [0, 0.1) is 0 Å². The Balaban J connectivity index is 3.06. The van der Waals surface area contributed by atoms with Crippen molar-refractivity contribution in [3.8, 4) is 0 Å². The Labute approximate surface area is 102 Å². The third-order valence-corrected chi connectivity index (χ3v) is 2.44. The van der Waals surface area contributed by atoms with E-state index in [2.05, 4.69) is 10.1 Å². The number of aromatic nitrogens is 1. The summed E-state index contributed by atoms with van der Waals surface area (Å²) in [6.45, 7) is -0.977. The van der Waals surface area contributed by atoms with Gasteiger partial charge in [0.15, 0.2) is 17.1 Å². The van der Waals surface area contributed by atoms with Gasteiger partial charge in [0.05, 0.1) is 6.21 Å². The summed E-state index contributed by atoms with van der Waals surface area (Å²) in [4.78, 5) is 24.4. The van der Waals surface area contributed by atoms with Crippen LogP contribution in [0.1, 0.15) is 5.01 Å². The summed E-state index contributed by atoms with van der Waals surface area (Å²) in [5.74, 6) is -1.42. The third-order valence-electron chi connectivity index (χ3n) is 1.57. The van der Waals surface area contributed by atoms with E-state index in [9.17, 15) is 22.8 Å². The van der Waals surface area contributed by atoms with Crippen molar-refractivity contribution in [1.29, 1.82) is 0 Å². The van der Waals surface area contributed by atoms with Crippen molar-refractivity contribution in [3.05, 3.63) is 10.4 Å². The summed E-state index contributed by atoms with van der Waals surface area (Å²) in [6.07, 6.45) is -3.75. The fourth-order valence-electron chi connectivity index (χ4n) is 0.905. The molecule has 98 valence electrons. The van der Waals surface area contributed by atoms with Crippen molar-refractivity contribution in [1.82, 2.24) is 4.98 Å². The molecule has 10 heteroatoms. The molecule has 0 unspecified atom stereocenters. The Morgan fingerprint density at radius 2 is 2.28 bits per heavy atom. The predicted octanol–water partition coefficient (Wildman–Crippen LogP) is 0.672. The second kappa shape index (κ2) is 5.69. The normalized spacial score (nSPS) is 11.8. The van der Waals surface area contributed by atoms with Gasteiger partial charge >= 0.3 is 6.18 Å². The summed E-state index contributed by atoms with van der Waals surface area (Å²) < 4.78 is 36.9. The molecule has 1 amide bonds. The monoisotopic (exact) mass is 281 g/mol. The number of nitrogens with zero attached hydrogens (tertiary/aromatic N) is 3. The number of halogens is 3. The smallest absolute Gasteiger partial charge is 0.386 e. The van der Waals surface area contributed by atoms with E-state index in [0.717, 1.165) is 5.38 Å². The van der Waals surface area contributed by atoms with Crippen LogP contribution in [0.3, 0.4) is 0 Å². The molecule has 1 heterocycles. The molecule has 0 spiro atoms. The number of anilines is 1. The van der Waals surface area contributed by atoms with Gasteiger partial charge in [0.1, 0.15) is 6.61 Å². The Kier molecular flexibility index (Phi) is 4.50. The van der Waals surface area contributed by atoms with Gasteiger partial charge in [-0.2, -0.15) is 23.3 Å². The van der Waals surface area contributed by atoms with Gasteiger partial charge in [-0.3, -0.25) is 9.59 Å². The fourth-order valence-corrected chi connectivity index (χ4v) is 1.55. The van der Waals surface area contributed by atoms with E-state index in [1.165, 1.54) is 0 Å². The first-order valence-electron chi connectivity index (χ1n) is 4.34. The standard InChI is InChI=1S/C8H6F3N3O3S/c9-8(10,11)7-13-5(4-18-7)14(6(17)3-16)12-1-2-15/h1-2,4,16H,3H2. The Bertz CT molecular complexity index is 472. The highest BCUT2D eigenvalue weighted by atomic mass is 32.1. The van der Waals surface area contributed by atoms with Crippen molar-refractivity contribution in [2.24, 2.45) is 5.10 Å². The molecule has 0 aliphatic heterocycles. The molecule has 18 heavy (non-hydrogen) atoms. The van der Waals surface area contributed by atoms with Crippen molar-refractivity contribution in [3.63, 3.8) is 0 Å². The second-order valence-electron chi connectivity index (χ2n) is 2.77. The summed E-state index contributed by atoms with van der Waals surface area (Å²) in [6, 6.07) is 0. The molecule has 0 atom stereocenters. The van der Waals surface area contributed by atoms with E-state index in [4.69, 9.17) is 5.11 Å². The average Bonchev–Trinajstić information content (AvgIpc) is 2.78. The molecule has 0 aromatic carbocycles. The van der Waals surface area contributed by atoms with Gasteiger partial charge in [0, 0.05) is 5.38 Å². The average molecular weight is 281 g/mol. The van der Waals surface area contributed by atoms with Crippen LogP contribution in [0.25, 0.3) is 0 Å². The molecule has 1 N–H and O–H groups in total. The molecule has 6 nitrogen and oxygen atoms in total. The van der Waals surface area contributed by atoms with E-state index in [1.54, 1.807) is 0 Å². The van der Waals surface area contributed by atoms with Crippen LogP contribution in [-0.4, -0.2) is 35.1 Å². The number of hydrogen-bond acceptors (Lipinski definition) is 6. The number of hydrogen-bond donors (Lipinski definition) is 1. The number of hydrazone groups is 1. The fraction of sp³-hybridized carbons (Fsp3) is 0.250. The third kappa shape index (κ3) is 3.34. The molecule has 0 radical (unpaired) electrons. The maximum absolute atomic E-state index is 12.3. The van der Waals surface area contributed by atoms with Gasteiger partial charge < -0.3 is 5.11 Å². The largest absolute Gasteiger partial charge is 0.443 e. The zero-order valence-corrected chi connectivity index (χ0v) is 9.40. The lowest BCUT2D eigenvalue weighted by atomic mass is 10.5.